The number of nitrogens with two attached hydrogens (primary N) is 1. The molecular weight excluding hydrogens is 284 g/mol. The van der Waals surface area contributed by atoms with Gasteiger partial charge in [0.05, 0.1) is 0 Å². The summed E-state index contributed by atoms with van der Waals surface area (Å²) in [6.07, 6.45) is 1.68. The zero-order valence-corrected chi connectivity index (χ0v) is 11.8. The fourth-order valence-corrected chi connectivity index (χ4v) is 2.67. The maximum absolute atomic E-state index is 12.4. The van der Waals surface area contributed by atoms with Crippen LogP contribution in [0.2, 0.25) is 0 Å². The lowest BCUT2D eigenvalue weighted by Gasteiger charge is -1.99. The molecule has 0 aliphatic carbocycles. The van der Waals surface area contributed by atoms with Crippen LogP contribution >= 0.6 is 11.3 Å². The number of carbonyl (C=O) groups excluding carboxylic acids is 1. The summed E-state index contributed by atoms with van der Waals surface area (Å²) in [5.74, 6) is 0.761. The molecule has 0 fully saturated rings. The van der Waals surface area contributed by atoms with Gasteiger partial charge in [-0.1, -0.05) is 47.7 Å². The average Bonchev–Trinajstić information content (AvgIpc) is 2.89. The van der Waals surface area contributed by atoms with Gasteiger partial charge in [-0.05, 0) is 12.1 Å². The molecule has 0 saturated carbocycles. The van der Waals surface area contributed by atoms with E-state index in [-0.39, 0.29) is 11.6 Å². The third kappa shape index (κ3) is 2.90. The molecule has 0 bridgehead atoms. The average molecular weight is 296 g/mol. The minimum atomic E-state index is -0.125. The second-order valence-corrected chi connectivity index (χ2v) is 5.27. The van der Waals surface area contributed by atoms with Gasteiger partial charge in [-0.2, -0.15) is 0 Å². The Morgan fingerprint density at radius 1 is 1.10 bits per heavy atom. The Morgan fingerprint density at radius 2 is 1.86 bits per heavy atom. The molecule has 6 heteroatoms. The zero-order chi connectivity index (χ0) is 14.7. The summed E-state index contributed by atoms with van der Waals surface area (Å²) in [6.45, 7) is 0. The third-order valence-corrected chi connectivity index (χ3v) is 3.78. The molecule has 0 atom stereocenters. The lowest BCUT2D eigenvalue weighted by atomic mass is 10.1. The molecule has 3 N–H and O–H groups in total. The van der Waals surface area contributed by atoms with E-state index in [0.717, 1.165) is 0 Å². The quantitative estimate of drug-likeness (QED) is 0.723. The van der Waals surface area contributed by atoms with Crippen molar-refractivity contribution in [3.8, 4) is 0 Å². The largest absolute Gasteiger partial charge is 0.382 e. The van der Waals surface area contributed by atoms with Crippen LogP contribution in [-0.4, -0.2) is 15.8 Å². The summed E-state index contributed by atoms with van der Waals surface area (Å²) < 4.78 is 0. The highest BCUT2D eigenvalue weighted by molar-refractivity contribution is 7.18. The molecule has 0 amide bonds. The Labute approximate surface area is 125 Å². The van der Waals surface area contributed by atoms with E-state index < -0.39 is 0 Å². The first-order chi connectivity index (χ1) is 10.2. The highest BCUT2D eigenvalue weighted by atomic mass is 32.1. The summed E-state index contributed by atoms with van der Waals surface area (Å²) in [4.78, 5) is 21.1. The van der Waals surface area contributed by atoms with Crippen molar-refractivity contribution < 1.29 is 4.79 Å². The van der Waals surface area contributed by atoms with Crippen molar-refractivity contribution in [2.24, 2.45) is 0 Å². The monoisotopic (exact) mass is 296 g/mol. The Kier molecular flexibility index (Phi) is 3.61. The normalized spacial score (nSPS) is 10.3. The van der Waals surface area contributed by atoms with E-state index in [1.807, 2.05) is 36.4 Å². The summed E-state index contributed by atoms with van der Waals surface area (Å²) in [7, 11) is 0. The second-order valence-electron chi connectivity index (χ2n) is 4.27. The number of rotatable bonds is 4. The molecule has 1 aromatic carbocycles. The van der Waals surface area contributed by atoms with Gasteiger partial charge in [0.1, 0.15) is 16.5 Å². The summed E-state index contributed by atoms with van der Waals surface area (Å²) in [5, 5.41) is 3.58. The summed E-state index contributed by atoms with van der Waals surface area (Å²) in [6, 6.07) is 14.5. The number of anilines is 3. The van der Waals surface area contributed by atoms with E-state index in [0.29, 0.717) is 21.4 Å². The van der Waals surface area contributed by atoms with Gasteiger partial charge < -0.3 is 11.1 Å². The van der Waals surface area contributed by atoms with E-state index in [1.54, 1.807) is 18.3 Å². The maximum Gasteiger partial charge on any atom is 0.206 e. The molecule has 2 heterocycles. The Balaban J connectivity index is 1.86. The van der Waals surface area contributed by atoms with Crippen LogP contribution in [0.3, 0.4) is 0 Å². The van der Waals surface area contributed by atoms with Crippen LogP contribution in [0, 0.1) is 0 Å². The van der Waals surface area contributed by atoms with Gasteiger partial charge in [-0.15, -0.1) is 0 Å². The molecule has 0 spiro atoms. The first-order valence-corrected chi connectivity index (χ1v) is 7.10. The molecule has 0 aliphatic rings. The molecule has 21 heavy (non-hydrogen) atoms. The van der Waals surface area contributed by atoms with E-state index in [4.69, 9.17) is 5.73 Å². The second kappa shape index (κ2) is 5.72. The van der Waals surface area contributed by atoms with Crippen LogP contribution in [-0.2, 0) is 0 Å². The van der Waals surface area contributed by atoms with Gasteiger partial charge in [0.25, 0.3) is 0 Å². The van der Waals surface area contributed by atoms with Crippen LogP contribution in [0.5, 0.6) is 0 Å². The van der Waals surface area contributed by atoms with Crippen molar-refractivity contribution in [3.05, 3.63) is 65.2 Å². The van der Waals surface area contributed by atoms with Gasteiger partial charge in [0.2, 0.25) is 5.78 Å². The number of pyridine rings is 1. The lowest BCUT2D eigenvalue weighted by molar-refractivity contribution is 0.104. The number of nitrogens with one attached hydrogen (secondary N) is 1. The molecule has 3 aromatic rings. The van der Waals surface area contributed by atoms with Gasteiger partial charge in [0, 0.05) is 11.8 Å². The molecule has 0 unspecified atom stereocenters. The number of benzene rings is 1. The van der Waals surface area contributed by atoms with Crippen molar-refractivity contribution in [2.75, 3.05) is 11.1 Å². The van der Waals surface area contributed by atoms with Crippen LogP contribution in [0.15, 0.2) is 54.7 Å². The fourth-order valence-electron chi connectivity index (χ4n) is 1.81. The number of hydrogen-bond donors (Lipinski definition) is 2. The minimum absolute atomic E-state index is 0.125. The van der Waals surface area contributed by atoms with Crippen molar-refractivity contribution in [3.63, 3.8) is 0 Å². The highest BCUT2D eigenvalue weighted by Gasteiger charge is 2.17. The van der Waals surface area contributed by atoms with Crippen LogP contribution in [0.1, 0.15) is 15.2 Å². The van der Waals surface area contributed by atoms with Crippen molar-refractivity contribution in [1.82, 2.24) is 9.97 Å². The van der Waals surface area contributed by atoms with Crippen LogP contribution in [0.4, 0.5) is 16.8 Å². The summed E-state index contributed by atoms with van der Waals surface area (Å²) in [5.41, 5.74) is 6.45. The van der Waals surface area contributed by atoms with E-state index >= 15 is 0 Å². The Bertz CT molecular complexity index is 756. The molecule has 3 rings (SSSR count). The standard InChI is InChI=1S/C15H12N4OS/c16-14-13(12(20)10-6-2-1-3-7-10)21-15(19-14)18-11-8-4-5-9-17-11/h1-9H,16H2,(H,17,18,19). The van der Waals surface area contributed by atoms with Crippen LogP contribution in [0.25, 0.3) is 0 Å². The van der Waals surface area contributed by atoms with Gasteiger partial charge in [-0.3, -0.25) is 4.79 Å². The molecule has 104 valence electrons. The number of hydrogen-bond acceptors (Lipinski definition) is 6. The predicted molar refractivity (Wildman–Crippen MR) is 83.9 cm³/mol. The van der Waals surface area contributed by atoms with Gasteiger partial charge in [0.15, 0.2) is 5.13 Å². The van der Waals surface area contributed by atoms with Gasteiger partial charge in [-0.25, -0.2) is 9.97 Å². The minimum Gasteiger partial charge on any atom is -0.382 e. The number of nitrogen functional groups attached to an aromatic ring is 1. The zero-order valence-electron chi connectivity index (χ0n) is 11.0. The number of nitrogens with zero attached hydrogens (tertiary/aromatic N) is 2. The van der Waals surface area contributed by atoms with Crippen molar-refractivity contribution >= 4 is 33.9 Å². The smallest absolute Gasteiger partial charge is 0.206 e. The van der Waals surface area contributed by atoms with E-state index in [2.05, 4.69) is 15.3 Å². The van der Waals surface area contributed by atoms with Gasteiger partial charge >= 0.3 is 0 Å². The number of thiazole rings is 1. The third-order valence-electron chi connectivity index (χ3n) is 2.80. The molecule has 0 saturated heterocycles. The number of ketones is 1. The lowest BCUT2D eigenvalue weighted by Crippen LogP contribution is -2.02. The molecule has 0 aliphatic heterocycles. The molecule has 5 nitrogen and oxygen atoms in total. The topological polar surface area (TPSA) is 80.9 Å². The van der Waals surface area contributed by atoms with E-state index in [1.165, 1.54) is 11.3 Å². The highest BCUT2D eigenvalue weighted by Crippen LogP contribution is 2.29. The number of aromatic nitrogens is 2. The first-order valence-electron chi connectivity index (χ1n) is 6.28. The Hall–Kier alpha value is -2.73. The van der Waals surface area contributed by atoms with Crippen LogP contribution < -0.4 is 11.1 Å². The fraction of sp³-hybridized carbons (Fsp3) is 0. The molecule has 0 radical (unpaired) electrons. The Morgan fingerprint density at radius 3 is 2.57 bits per heavy atom. The van der Waals surface area contributed by atoms with Crippen molar-refractivity contribution in [1.29, 1.82) is 0 Å². The molecule has 2 aromatic heterocycles. The van der Waals surface area contributed by atoms with E-state index in [9.17, 15) is 4.79 Å². The van der Waals surface area contributed by atoms with Crippen molar-refractivity contribution in [2.45, 2.75) is 0 Å². The number of carbonyl (C=O) groups is 1. The predicted octanol–water partition coefficient (Wildman–Crippen LogP) is 3.09. The molecular formula is C15H12N4OS. The SMILES string of the molecule is Nc1nc(Nc2ccccn2)sc1C(=O)c1ccccc1. The summed E-state index contributed by atoms with van der Waals surface area (Å²) >= 11 is 1.22. The maximum atomic E-state index is 12.4. The first kappa shape index (κ1) is 13.3.